The number of aromatic amines is 1. The first-order valence-corrected chi connectivity index (χ1v) is 15.8. The molecule has 206 valence electrons. The van der Waals surface area contributed by atoms with Crippen LogP contribution in [0.25, 0.3) is 0 Å². The minimum absolute atomic E-state index is 0.0631. The van der Waals surface area contributed by atoms with E-state index in [1.165, 1.54) is 21.8 Å². The van der Waals surface area contributed by atoms with Crippen molar-refractivity contribution in [3.05, 3.63) is 110 Å². The van der Waals surface area contributed by atoms with E-state index < -0.39 is 0 Å². The molecule has 1 saturated heterocycles. The molecule has 3 heterocycles. The van der Waals surface area contributed by atoms with Crippen LogP contribution in [-0.4, -0.2) is 22.0 Å². The Morgan fingerprint density at radius 2 is 1.59 bits per heavy atom. The molecule has 0 radical (unpaired) electrons. The normalized spacial score (nSPS) is 29.4. The molecule has 3 fully saturated rings. The molecule has 6 nitrogen and oxygen atoms in total. The predicted octanol–water partition coefficient (Wildman–Crippen LogP) is 6.00. The number of rotatable bonds is 5. The van der Waals surface area contributed by atoms with Crippen LogP contribution in [0.1, 0.15) is 33.9 Å². The maximum atomic E-state index is 13.9. The van der Waals surface area contributed by atoms with Crippen LogP contribution in [0.15, 0.2) is 88.7 Å². The van der Waals surface area contributed by atoms with Crippen molar-refractivity contribution in [2.45, 2.75) is 36.1 Å². The van der Waals surface area contributed by atoms with E-state index >= 15 is 0 Å². The Hall–Kier alpha value is -3.62. The number of hydrogen-bond acceptors (Lipinski definition) is 6. The SMILES string of the molecule is Cc1ccc(COc2ccccc2[C@@H]2c3sc(=O)[nH]c3S[C@@H]3[C@@H]4C[C@@H]([C@@H]5C(=O)N(c6ccccc6)C(=O)[C@@H]45)[C@@H]23)cc1. The Morgan fingerprint density at radius 1 is 0.878 bits per heavy atom. The van der Waals surface area contributed by atoms with Gasteiger partial charge in [0.05, 0.1) is 22.5 Å². The molecule has 0 unspecified atom stereocenters. The van der Waals surface area contributed by atoms with Gasteiger partial charge in [-0.05, 0) is 54.9 Å². The van der Waals surface area contributed by atoms with Crippen LogP contribution < -0.4 is 14.5 Å². The number of ether oxygens (including phenoxy) is 1. The lowest BCUT2D eigenvalue weighted by Gasteiger charge is -2.43. The van der Waals surface area contributed by atoms with E-state index in [1.807, 2.05) is 48.5 Å². The van der Waals surface area contributed by atoms with Crippen LogP contribution in [0, 0.1) is 36.5 Å². The molecule has 2 bridgehead atoms. The Morgan fingerprint density at radius 3 is 2.37 bits per heavy atom. The Kier molecular flexibility index (Phi) is 5.80. The van der Waals surface area contributed by atoms with Gasteiger partial charge in [0.25, 0.3) is 0 Å². The number of aromatic nitrogens is 1. The van der Waals surface area contributed by atoms with Crippen LogP contribution in [-0.2, 0) is 16.2 Å². The minimum atomic E-state index is -0.324. The summed E-state index contributed by atoms with van der Waals surface area (Å²) < 4.78 is 6.45. The quantitative estimate of drug-likeness (QED) is 0.293. The largest absolute Gasteiger partial charge is 0.489 e. The Balaban J connectivity index is 1.19. The number of para-hydroxylation sites is 2. The van der Waals surface area contributed by atoms with Crippen molar-refractivity contribution < 1.29 is 14.3 Å². The van der Waals surface area contributed by atoms with Crippen molar-refractivity contribution in [2.24, 2.45) is 29.6 Å². The lowest BCUT2D eigenvalue weighted by atomic mass is 9.68. The second-order valence-corrected chi connectivity index (χ2v) is 13.8. The van der Waals surface area contributed by atoms with E-state index in [0.29, 0.717) is 12.3 Å². The highest BCUT2D eigenvalue weighted by molar-refractivity contribution is 8.00. The first-order chi connectivity index (χ1) is 20.0. The van der Waals surface area contributed by atoms with Crippen LogP contribution in [0.5, 0.6) is 5.75 Å². The van der Waals surface area contributed by atoms with Gasteiger partial charge in [-0.25, -0.2) is 0 Å². The molecule has 8 heteroatoms. The van der Waals surface area contributed by atoms with Crippen LogP contribution in [0.3, 0.4) is 0 Å². The van der Waals surface area contributed by atoms with Crippen LogP contribution in [0.4, 0.5) is 5.69 Å². The molecule has 2 aliphatic carbocycles. The molecule has 41 heavy (non-hydrogen) atoms. The molecule has 0 spiro atoms. The maximum Gasteiger partial charge on any atom is 0.305 e. The number of hydrogen-bond donors (Lipinski definition) is 1. The maximum absolute atomic E-state index is 13.9. The van der Waals surface area contributed by atoms with E-state index in [0.717, 1.165) is 33.2 Å². The molecule has 4 aromatic rings. The zero-order valence-corrected chi connectivity index (χ0v) is 24.0. The van der Waals surface area contributed by atoms with Crippen molar-refractivity contribution in [1.29, 1.82) is 0 Å². The number of benzene rings is 3. The van der Waals surface area contributed by atoms with Gasteiger partial charge in [0.2, 0.25) is 11.8 Å². The van der Waals surface area contributed by atoms with E-state index in [9.17, 15) is 14.4 Å². The van der Waals surface area contributed by atoms with E-state index in [4.69, 9.17) is 4.74 Å². The molecule has 4 aliphatic rings. The average molecular weight is 581 g/mol. The van der Waals surface area contributed by atoms with Crippen molar-refractivity contribution >= 4 is 40.6 Å². The fraction of sp³-hybridized carbons (Fsp3) is 0.303. The predicted molar refractivity (Wildman–Crippen MR) is 159 cm³/mol. The summed E-state index contributed by atoms with van der Waals surface area (Å²) in [6.45, 7) is 2.51. The average Bonchev–Trinajstić information content (AvgIpc) is 3.72. The lowest BCUT2D eigenvalue weighted by Crippen LogP contribution is -2.42. The molecule has 8 rings (SSSR count). The van der Waals surface area contributed by atoms with E-state index in [-0.39, 0.29) is 57.4 Å². The van der Waals surface area contributed by atoms with Gasteiger partial charge >= 0.3 is 4.87 Å². The van der Waals surface area contributed by atoms with E-state index in [2.05, 4.69) is 42.2 Å². The number of carbonyl (C=O) groups is 2. The van der Waals surface area contributed by atoms with Crippen LogP contribution in [0.2, 0.25) is 0 Å². The van der Waals surface area contributed by atoms with E-state index in [1.54, 1.807) is 11.8 Å². The molecule has 1 N–H and O–H groups in total. The number of imide groups is 1. The third-order valence-corrected chi connectivity index (χ3v) is 12.1. The highest BCUT2D eigenvalue weighted by Gasteiger charge is 2.69. The molecular weight excluding hydrogens is 553 g/mol. The zero-order valence-electron chi connectivity index (χ0n) is 22.4. The van der Waals surface area contributed by atoms with Crippen LogP contribution >= 0.6 is 23.1 Å². The first-order valence-electron chi connectivity index (χ1n) is 14.1. The lowest BCUT2D eigenvalue weighted by molar-refractivity contribution is -0.123. The summed E-state index contributed by atoms with van der Waals surface area (Å²) in [5.74, 6) is 0.226. The zero-order chi connectivity index (χ0) is 27.8. The van der Waals surface area contributed by atoms with Gasteiger partial charge < -0.3 is 9.72 Å². The first kappa shape index (κ1) is 25.1. The van der Waals surface area contributed by atoms with Crippen molar-refractivity contribution in [2.75, 3.05) is 4.90 Å². The second-order valence-electron chi connectivity index (χ2n) is 11.6. The van der Waals surface area contributed by atoms with Crippen molar-refractivity contribution in [3.8, 4) is 5.75 Å². The summed E-state index contributed by atoms with van der Waals surface area (Å²) in [5, 5.41) is 1.04. The standard InChI is InChI=1S/C33H28N2O4S2/c1-17-11-13-18(14-12-17)16-39-23-10-6-5-9-20(23)24-25-21-15-22(28(25)40-30-29(24)41-33(38)34-30)27-26(21)31(36)35(32(27)37)19-7-3-2-4-8-19/h2-14,21-22,24-28H,15-16H2,1H3,(H,34,38)/t21-,22-,24+,25+,26+,27+,28-/m1/s1. The topological polar surface area (TPSA) is 79.5 Å². The number of fused-ring (bicyclic) bond motifs is 9. The number of anilines is 1. The van der Waals surface area contributed by atoms with Crippen molar-refractivity contribution in [1.82, 2.24) is 4.98 Å². The third kappa shape index (κ3) is 3.80. The molecule has 2 saturated carbocycles. The second kappa shape index (κ2) is 9.46. The number of carbonyl (C=O) groups excluding carboxylic acids is 2. The van der Waals surface area contributed by atoms with Gasteiger partial charge in [-0.1, -0.05) is 77.6 Å². The molecule has 2 amide bonds. The molecule has 7 atom stereocenters. The summed E-state index contributed by atoms with van der Waals surface area (Å²) in [6, 6.07) is 25.8. The number of thiazole rings is 1. The van der Waals surface area contributed by atoms with Gasteiger partial charge in [-0.3, -0.25) is 19.3 Å². The Labute approximate surface area is 245 Å². The highest BCUT2D eigenvalue weighted by Crippen LogP contribution is 2.69. The molecule has 3 aromatic carbocycles. The monoisotopic (exact) mass is 580 g/mol. The summed E-state index contributed by atoms with van der Waals surface area (Å²) in [4.78, 5) is 45.8. The number of H-pyrrole nitrogens is 1. The third-order valence-electron chi connectivity index (χ3n) is 9.51. The summed E-state index contributed by atoms with van der Waals surface area (Å²) in [6.07, 6.45) is 0.861. The number of aryl methyl sites for hydroxylation is 1. The summed E-state index contributed by atoms with van der Waals surface area (Å²) in [7, 11) is 0. The summed E-state index contributed by atoms with van der Waals surface area (Å²) in [5.41, 5.74) is 4.00. The van der Waals surface area contributed by atoms with Gasteiger partial charge in [-0.2, -0.15) is 0 Å². The van der Waals surface area contributed by atoms with Gasteiger partial charge in [0.1, 0.15) is 12.4 Å². The van der Waals surface area contributed by atoms with Gasteiger partial charge in [0, 0.05) is 21.6 Å². The molecule has 2 aliphatic heterocycles. The minimum Gasteiger partial charge on any atom is -0.489 e. The number of thioether (sulfide) groups is 1. The fourth-order valence-electron chi connectivity index (χ4n) is 7.91. The molecular formula is C33H28N2O4S2. The number of nitrogens with one attached hydrogen (secondary N) is 1. The van der Waals surface area contributed by atoms with Gasteiger partial charge in [-0.15, -0.1) is 11.8 Å². The van der Waals surface area contributed by atoms with Gasteiger partial charge in [0.15, 0.2) is 0 Å². The van der Waals surface area contributed by atoms with Crippen molar-refractivity contribution in [3.63, 3.8) is 0 Å². The highest BCUT2D eigenvalue weighted by atomic mass is 32.2. The number of amides is 2. The number of nitrogens with zero attached hydrogens (tertiary/aromatic N) is 1. The fourth-order valence-corrected chi connectivity index (χ4v) is 10.8. The molecule has 1 aromatic heterocycles. The summed E-state index contributed by atoms with van der Waals surface area (Å²) >= 11 is 2.98. The Bertz CT molecular complexity index is 1730. The smallest absolute Gasteiger partial charge is 0.305 e.